The van der Waals surface area contributed by atoms with Gasteiger partial charge in [-0.25, -0.2) is 0 Å². The molecule has 2 aromatic heterocycles. The minimum Gasteiger partial charge on any atom is -0.367 e. The van der Waals surface area contributed by atoms with Gasteiger partial charge in [0.1, 0.15) is 6.10 Å². The maximum absolute atomic E-state index is 13.0. The fourth-order valence-electron chi connectivity index (χ4n) is 3.04. The topological polar surface area (TPSA) is 84.2 Å². The molecule has 3 heterocycles. The fourth-order valence-corrected chi connectivity index (χ4v) is 3.04. The van der Waals surface area contributed by atoms with Crippen LogP contribution in [0.3, 0.4) is 0 Å². The molecule has 7 heteroatoms. The fraction of sp³-hybridized carbons (Fsp3) is 0.278. The van der Waals surface area contributed by atoms with Crippen LogP contribution in [-0.2, 0) is 11.2 Å². The van der Waals surface area contributed by atoms with Crippen LogP contribution >= 0.6 is 0 Å². The van der Waals surface area contributed by atoms with Crippen molar-refractivity contribution in [1.29, 1.82) is 0 Å². The predicted octanol–water partition coefficient (Wildman–Crippen LogP) is 2.20. The number of H-pyrrole nitrogens is 1. The van der Waals surface area contributed by atoms with Crippen LogP contribution in [0.25, 0.3) is 0 Å². The SMILES string of the molecule is O=C(c1c[nH]cc1Cc1ccccc1)N1CCOC(c2ncon2)C1. The zero-order valence-electron chi connectivity index (χ0n) is 13.6. The average Bonchev–Trinajstić information content (AvgIpc) is 3.34. The molecule has 4 rings (SSSR count). The second-order valence-electron chi connectivity index (χ2n) is 5.96. The highest BCUT2D eigenvalue weighted by Crippen LogP contribution is 2.22. The Morgan fingerprint density at radius 3 is 2.96 bits per heavy atom. The molecule has 1 unspecified atom stereocenters. The third-order valence-corrected chi connectivity index (χ3v) is 4.32. The van der Waals surface area contributed by atoms with E-state index in [2.05, 4.69) is 27.3 Å². The number of carbonyl (C=O) groups excluding carboxylic acids is 1. The number of nitrogens with one attached hydrogen (secondary N) is 1. The van der Waals surface area contributed by atoms with Gasteiger partial charge in [-0.15, -0.1) is 0 Å². The summed E-state index contributed by atoms with van der Waals surface area (Å²) in [6.45, 7) is 1.40. The van der Waals surface area contributed by atoms with Gasteiger partial charge in [-0.05, 0) is 17.5 Å². The third-order valence-electron chi connectivity index (χ3n) is 4.32. The first-order valence-corrected chi connectivity index (χ1v) is 8.18. The van der Waals surface area contributed by atoms with E-state index in [4.69, 9.17) is 9.26 Å². The highest BCUT2D eigenvalue weighted by Gasteiger charge is 2.29. The Morgan fingerprint density at radius 1 is 1.28 bits per heavy atom. The number of nitrogens with zero attached hydrogens (tertiary/aromatic N) is 3. The van der Waals surface area contributed by atoms with Crippen molar-refractivity contribution < 1.29 is 14.1 Å². The van der Waals surface area contributed by atoms with Crippen LogP contribution in [0.5, 0.6) is 0 Å². The molecule has 1 fully saturated rings. The molecule has 1 aliphatic heterocycles. The molecule has 1 saturated heterocycles. The summed E-state index contributed by atoms with van der Waals surface area (Å²) in [7, 11) is 0. The highest BCUT2D eigenvalue weighted by atomic mass is 16.5. The van der Waals surface area contributed by atoms with Crippen LogP contribution in [0.2, 0.25) is 0 Å². The van der Waals surface area contributed by atoms with E-state index in [1.807, 2.05) is 24.4 Å². The van der Waals surface area contributed by atoms with Crippen molar-refractivity contribution in [2.75, 3.05) is 19.7 Å². The first-order chi connectivity index (χ1) is 12.3. The minimum absolute atomic E-state index is 0.0102. The van der Waals surface area contributed by atoms with E-state index >= 15 is 0 Å². The van der Waals surface area contributed by atoms with Gasteiger partial charge in [0.05, 0.1) is 18.7 Å². The molecule has 7 nitrogen and oxygen atoms in total. The zero-order chi connectivity index (χ0) is 17.1. The summed E-state index contributed by atoms with van der Waals surface area (Å²) in [4.78, 5) is 21.8. The quantitative estimate of drug-likeness (QED) is 0.788. The average molecular weight is 338 g/mol. The summed E-state index contributed by atoms with van der Waals surface area (Å²) in [6, 6.07) is 10.1. The van der Waals surface area contributed by atoms with Crippen LogP contribution in [0.4, 0.5) is 0 Å². The number of hydrogen-bond donors (Lipinski definition) is 1. The van der Waals surface area contributed by atoms with Gasteiger partial charge in [-0.3, -0.25) is 4.79 Å². The van der Waals surface area contributed by atoms with Gasteiger partial charge in [0.15, 0.2) is 0 Å². The third kappa shape index (κ3) is 3.32. The molecule has 0 bridgehead atoms. The zero-order valence-corrected chi connectivity index (χ0v) is 13.6. The number of benzene rings is 1. The molecule has 1 aromatic carbocycles. The van der Waals surface area contributed by atoms with Crippen molar-refractivity contribution in [2.45, 2.75) is 12.5 Å². The number of amides is 1. The number of ether oxygens (including phenoxy) is 1. The van der Waals surface area contributed by atoms with E-state index < -0.39 is 0 Å². The van der Waals surface area contributed by atoms with Gasteiger partial charge in [-0.1, -0.05) is 35.5 Å². The van der Waals surface area contributed by atoms with Crippen molar-refractivity contribution in [3.05, 3.63) is 71.6 Å². The van der Waals surface area contributed by atoms with Gasteiger partial charge >= 0.3 is 0 Å². The molecule has 0 spiro atoms. The molecule has 128 valence electrons. The number of rotatable bonds is 4. The monoisotopic (exact) mass is 338 g/mol. The second kappa shape index (κ2) is 6.90. The van der Waals surface area contributed by atoms with Gasteiger partial charge in [0.25, 0.3) is 5.91 Å². The number of aromatic nitrogens is 3. The van der Waals surface area contributed by atoms with E-state index in [-0.39, 0.29) is 12.0 Å². The number of hydrogen-bond acceptors (Lipinski definition) is 5. The molecule has 1 atom stereocenters. The molecular weight excluding hydrogens is 320 g/mol. The number of aromatic amines is 1. The molecule has 1 aliphatic rings. The lowest BCUT2D eigenvalue weighted by molar-refractivity contribution is -0.0276. The predicted molar refractivity (Wildman–Crippen MR) is 88.9 cm³/mol. The molecular formula is C18H18N4O3. The maximum atomic E-state index is 13.0. The van der Waals surface area contributed by atoms with Crippen molar-refractivity contribution in [1.82, 2.24) is 20.0 Å². The molecule has 0 aliphatic carbocycles. The van der Waals surface area contributed by atoms with Gasteiger partial charge in [-0.2, -0.15) is 4.98 Å². The summed E-state index contributed by atoms with van der Waals surface area (Å²) >= 11 is 0. The van der Waals surface area contributed by atoms with E-state index in [0.717, 1.165) is 5.56 Å². The van der Waals surface area contributed by atoms with Crippen LogP contribution in [0, 0.1) is 0 Å². The molecule has 25 heavy (non-hydrogen) atoms. The summed E-state index contributed by atoms with van der Waals surface area (Å²) in [6.07, 6.45) is 5.28. The van der Waals surface area contributed by atoms with E-state index in [9.17, 15) is 4.79 Å². The Labute approximate surface area is 144 Å². The molecule has 3 aromatic rings. The summed E-state index contributed by atoms with van der Waals surface area (Å²) in [5.74, 6) is 0.458. The lowest BCUT2D eigenvalue weighted by atomic mass is 10.0. The van der Waals surface area contributed by atoms with E-state index in [0.29, 0.717) is 37.5 Å². The summed E-state index contributed by atoms with van der Waals surface area (Å²) < 4.78 is 10.4. The Bertz CT molecular complexity index is 829. The van der Waals surface area contributed by atoms with Crippen LogP contribution in [0.1, 0.15) is 33.4 Å². The van der Waals surface area contributed by atoms with Crippen molar-refractivity contribution in [3.8, 4) is 0 Å². The first-order valence-electron chi connectivity index (χ1n) is 8.18. The van der Waals surface area contributed by atoms with E-state index in [1.54, 1.807) is 11.1 Å². The van der Waals surface area contributed by atoms with Crippen LogP contribution in [0.15, 0.2) is 53.6 Å². The highest BCUT2D eigenvalue weighted by molar-refractivity contribution is 5.95. The van der Waals surface area contributed by atoms with Crippen LogP contribution in [-0.4, -0.2) is 45.6 Å². The molecule has 1 N–H and O–H groups in total. The lowest BCUT2D eigenvalue weighted by Gasteiger charge is -2.31. The Hall–Kier alpha value is -2.93. The first kappa shape index (κ1) is 15.6. The molecule has 1 amide bonds. The number of carbonyl (C=O) groups is 1. The standard InChI is InChI=1S/C18H18N4O3/c23-18(22-6-7-24-16(11-22)17-20-12-25-21-17)15-10-19-9-14(15)8-13-4-2-1-3-5-13/h1-5,9-10,12,16,19H,6-8,11H2. The van der Waals surface area contributed by atoms with Gasteiger partial charge in [0.2, 0.25) is 12.2 Å². The second-order valence-corrected chi connectivity index (χ2v) is 5.96. The smallest absolute Gasteiger partial charge is 0.255 e. The Balaban J connectivity index is 1.50. The van der Waals surface area contributed by atoms with Gasteiger partial charge in [0, 0.05) is 18.9 Å². The normalized spacial score (nSPS) is 17.6. The van der Waals surface area contributed by atoms with Crippen molar-refractivity contribution in [2.24, 2.45) is 0 Å². The van der Waals surface area contributed by atoms with E-state index in [1.165, 1.54) is 12.0 Å². The van der Waals surface area contributed by atoms with Crippen molar-refractivity contribution >= 4 is 5.91 Å². The Kier molecular flexibility index (Phi) is 4.30. The van der Waals surface area contributed by atoms with Gasteiger partial charge < -0.3 is 19.1 Å². The number of morpholine rings is 1. The summed E-state index contributed by atoms with van der Waals surface area (Å²) in [5, 5.41) is 3.81. The van der Waals surface area contributed by atoms with Crippen LogP contribution < -0.4 is 0 Å². The van der Waals surface area contributed by atoms with Crippen molar-refractivity contribution in [3.63, 3.8) is 0 Å². The minimum atomic E-state index is -0.354. The Morgan fingerprint density at radius 2 is 2.16 bits per heavy atom. The molecule has 0 saturated carbocycles. The largest absolute Gasteiger partial charge is 0.367 e. The maximum Gasteiger partial charge on any atom is 0.255 e. The lowest BCUT2D eigenvalue weighted by Crippen LogP contribution is -2.42. The summed E-state index contributed by atoms with van der Waals surface area (Å²) in [5.41, 5.74) is 2.85. The molecule has 0 radical (unpaired) electrons.